The zero-order valence-corrected chi connectivity index (χ0v) is 12.7. The van der Waals surface area contributed by atoms with Crippen molar-refractivity contribution in [3.05, 3.63) is 17.0 Å². The number of nitrogens with zero attached hydrogens (tertiary/aromatic N) is 1. The Balaban J connectivity index is 2.24. The molecule has 102 valence electrons. The third-order valence-electron chi connectivity index (χ3n) is 2.77. The number of hydrogen-bond donors (Lipinski definition) is 0. The number of hydrogen-bond acceptors (Lipinski definition) is 4. The molecule has 2 heterocycles. The molecule has 0 amide bonds. The average molecular weight is 310 g/mol. The van der Waals surface area contributed by atoms with Crippen LogP contribution in [0.3, 0.4) is 0 Å². The van der Waals surface area contributed by atoms with Gasteiger partial charge in [0.15, 0.2) is 0 Å². The number of rotatable bonds is 3. The summed E-state index contributed by atoms with van der Waals surface area (Å²) in [6.07, 6.45) is -0.357. The first-order valence-electron chi connectivity index (χ1n) is 5.71. The van der Waals surface area contributed by atoms with Crippen molar-refractivity contribution in [2.75, 3.05) is 19.0 Å². The van der Waals surface area contributed by atoms with Crippen molar-refractivity contribution in [3.63, 3.8) is 0 Å². The highest BCUT2D eigenvalue weighted by Crippen LogP contribution is 2.26. The van der Waals surface area contributed by atoms with Gasteiger partial charge in [0.2, 0.25) is 0 Å². The molecule has 1 aliphatic heterocycles. The molecule has 1 aromatic heterocycles. The number of halogens is 1. The normalized spacial score (nSPS) is 26.4. The van der Waals surface area contributed by atoms with E-state index >= 15 is 0 Å². The fourth-order valence-electron chi connectivity index (χ4n) is 1.96. The van der Waals surface area contributed by atoms with Crippen molar-refractivity contribution in [1.29, 1.82) is 0 Å². The third kappa shape index (κ3) is 2.88. The van der Waals surface area contributed by atoms with Gasteiger partial charge in [-0.1, -0.05) is 0 Å². The van der Waals surface area contributed by atoms with Gasteiger partial charge in [-0.25, -0.2) is 8.42 Å². The molecule has 7 heteroatoms. The van der Waals surface area contributed by atoms with Gasteiger partial charge in [-0.05, 0) is 26.0 Å². The Morgan fingerprint density at radius 2 is 2.22 bits per heavy atom. The van der Waals surface area contributed by atoms with E-state index in [2.05, 4.69) is 0 Å². The predicted molar refractivity (Wildman–Crippen MR) is 72.9 cm³/mol. The lowest BCUT2D eigenvalue weighted by Crippen LogP contribution is -2.49. The molecule has 0 bridgehead atoms. The second-order valence-corrected chi connectivity index (χ2v) is 8.17. The lowest BCUT2D eigenvalue weighted by Gasteiger charge is -2.34. The van der Waals surface area contributed by atoms with Crippen LogP contribution in [0.5, 0.6) is 0 Å². The van der Waals surface area contributed by atoms with Crippen molar-refractivity contribution in [1.82, 2.24) is 4.31 Å². The Labute approximate surface area is 117 Å². The minimum absolute atomic E-state index is 0.127. The maximum Gasteiger partial charge on any atom is 0.252 e. The Kier molecular flexibility index (Phi) is 4.33. The monoisotopic (exact) mass is 309 g/mol. The SMILES string of the molecule is Cc1ccc(S(=O)(=O)N2CC(C)OC(CCl)C2)s1. The molecule has 2 rings (SSSR count). The van der Waals surface area contributed by atoms with Gasteiger partial charge in [0.25, 0.3) is 10.0 Å². The van der Waals surface area contributed by atoms with Crippen LogP contribution in [0.4, 0.5) is 0 Å². The summed E-state index contributed by atoms with van der Waals surface area (Å²) < 4.78 is 32.3. The number of morpholine rings is 1. The van der Waals surface area contributed by atoms with E-state index in [1.165, 1.54) is 15.6 Å². The number of sulfonamides is 1. The average Bonchev–Trinajstić information content (AvgIpc) is 2.75. The summed E-state index contributed by atoms with van der Waals surface area (Å²) in [4.78, 5) is 0.990. The highest BCUT2D eigenvalue weighted by molar-refractivity contribution is 7.91. The number of aryl methyl sites for hydroxylation is 1. The quantitative estimate of drug-likeness (QED) is 0.803. The predicted octanol–water partition coefficient (Wildman–Crippen LogP) is 2.07. The van der Waals surface area contributed by atoms with E-state index < -0.39 is 10.0 Å². The molecular weight excluding hydrogens is 294 g/mol. The molecule has 1 aromatic rings. The van der Waals surface area contributed by atoms with Crippen LogP contribution in [0.1, 0.15) is 11.8 Å². The van der Waals surface area contributed by atoms with Gasteiger partial charge in [0, 0.05) is 23.8 Å². The Hall–Kier alpha value is -0.140. The van der Waals surface area contributed by atoms with E-state index in [0.29, 0.717) is 23.2 Å². The molecule has 2 unspecified atom stereocenters. The summed E-state index contributed by atoms with van der Waals surface area (Å²) in [7, 11) is -3.40. The van der Waals surface area contributed by atoms with E-state index in [0.717, 1.165) is 4.88 Å². The molecule has 1 aliphatic rings. The largest absolute Gasteiger partial charge is 0.371 e. The van der Waals surface area contributed by atoms with Gasteiger partial charge in [0.05, 0.1) is 12.2 Å². The molecule has 4 nitrogen and oxygen atoms in total. The van der Waals surface area contributed by atoms with Crippen LogP contribution in [0.15, 0.2) is 16.3 Å². The van der Waals surface area contributed by atoms with E-state index in [1.54, 1.807) is 6.07 Å². The summed E-state index contributed by atoms with van der Waals surface area (Å²) in [6.45, 7) is 4.47. The van der Waals surface area contributed by atoms with Gasteiger partial charge in [-0.3, -0.25) is 0 Å². The van der Waals surface area contributed by atoms with Crippen molar-refractivity contribution < 1.29 is 13.2 Å². The third-order valence-corrected chi connectivity index (χ3v) is 6.42. The van der Waals surface area contributed by atoms with Crippen molar-refractivity contribution in [3.8, 4) is 0 Å². The first-order valence-corrected chi connectivity index (χ1v) is 8.50. The summed E-state index contributed by atoms with van der Waals surface area (Å²) in [5.74, 6) is 0.305. The molecule has 0 aromatic carbocycles. The van der Waals surface area contributed by atoms with Crippen molar-refractivity contribution in [2.45, 2.75) is 30.3 Å². The van der Waals surface area contributed by atoms with Crippen molar-refractivity contribution in [2.24, 2.45) is 0 Å². The lowest BCUT2D eigenvalue weighted by molar-refractivity contribution is -0.0422. The molecular formula is C11H16ClNO3S2. The maximum atomic E-state index is 12.4. The van der Waals surface area contributed by atoms with E-state index in [4.69, 9.17) is 16.3 Å². The van der Waals surface area contributed by atoms with Crippen LogP contribution >= 0.6 is 22.9 Å². The summed E-state index contributed by atoms with van der Waals surface area (Å²) in [6, 6.07) is 3.48. The molecule has 0 spiro atoms. The van der Waals surface area contributed by atoms with Crippen LogP contribution in [0.2, 0.25) is 0 Å². The molecule has 0 aliphatic carbocycles. The summed E-state index contributed by atoms with van der Waals surface area (Å²) >= 11 is 7.06. The van der Waals surface area contributed by atoms with Crippen LogP contribution in [0.25, 0.3) is 0 Å². The molecule has 1 saturated heterocycles. The van der Waals surface area contributed by atoms with Crippen molar-refractivity contribution >= 4 is 33.0 Å². The Morgan fingerprint density at radius 3 is 2.78 bits per heavy atom. The highest BCUT2D eigenvalue weighted by Gasteiger charge is 2.34. The molecule has 1 fully saturated rings. The van der Waals surface area contributed by atoms with E-state index in [-0.39, 0.29) is 12.2 Å². The minimum atomic E-state index is -3.40. The minimum Gasteiger partial charge on any atom is -0.371 e. The lowest BCUT2D eigenvalue weighted by atomic mass is 10.3. The number of alkyl halides is 1. The Bertz CT molecular complexity index is 514. The van der Waals surface area contributed by atoms with Crippen LogP contribution in [-0.2, 0) is 14.8 Å². The second kappa shape index (κ2) is 5.46. The number of ether oxygens (including phenoxy) is 1. The van der Waals surface area contributed by atoms with E-state index in [9.17, 15) is 8.42 Å². The van der Waals surface area contributed by atoms with Gasteiger partial charge < -0.3 is 4.74 Å². The van der Waals surface area contributed by atoms with Gasteiger partial charge >= 0.3 is 0 Å². The molecule has 18 heavy (non-hydrogen) atoms. The molecule has 0 saturated carbocycles. The fraction of sp³-hybridized carbons (Fsp3) is 0.636. The molecule has 0 N–H and O–H groups in total. The first-order chi connectivity index (χ1) is 8.43. The molecule has 2 atom stereocenters. The topological polar surface area (TPSA) is 46.6 Å². The standard InChI is InChI=1S/C11H16ClNO3S2/c1-8-6-13(7-10(5-12)16-8)18(14,15)11-4-3-9(2)17-11/h3-4,8,10H,5-7H2,1-2H3. The zero-order chi connectivity index (χ0) is 13.3. The van der Waals surface area contributed by atoms with Crippen LogP contribution < -0.4 is 0 Å². The van der Waals surface area contributed by atoms with Gasteiger partial charge in [0.1, 0.15) is 4.21 Å². The van der Waals surface area contributed by atoms with Crippen LogP contribution in [0, 0.1) is 6.92 Å². The number of thiophene rings is 1. The second-order valence-electron chi connectivity index (χ2n) is 4.41. The van der Waals surface area contributed by atoms with Crippen LogP contribution in [-0.4, -0.2) is 43.9 Å². The summed E-state index contributed by atoms with van der Waals surface area (Å²) in [5, 5.41) is 0. The highest BCUT2D eigenvalue weighted by atomic mass is 35.5. The summed E-state index contributed by atoms with van der Waals surface area (Å²) in [5.41, 5.74) is 0. The fourth-order valence-corrected chi connectivity index (χ4v) is 5.12. The smallest absolute Gasteiger partial charge is 0.252 e. The van der Waals surface area contributed by atoms with Gasteiger partial charge in [-0.15, -0.1) is 22.9 Å². The maximum absolute atomic E-state index is 12.4. The van der Waals surface area contributed by atoms with Gasteiger partial charge in [-0.2, -0.15) is 4.31 Å². The van der Waals surface area contributed by atoms with E-state index in [1.807, 2.05) is 19.9 Å². The Morgan fingerprint density at radius 1 is 1.50 bits per heavy atom. The molecule has 0 radical (unpaired) electrons. The zero-order valence-electron chi connectivity index (χ0n) is 10.3. The first kappa shape index (κ1) is 14.3.